The van der Waals surface area contributed by atoms with Crippen molar-refractivity contribution in [3.05, 3.63) is 65.2 Å². The lowest BCUT2D eigenvalue weighted by Crippen LogP contribution is -2.38. The van der Waals surface area contributed by atoms with Gasteiger partial charge in [-0.05, 0) is 60.1 Å². The van der Waals surface area contributed by atoms with Crippen LogP contribution < -0.4 is 0 Å². The predicted molar refractivity (Wildman–Crippen MR) is 101 cm³/mol. The van der Waals surface area contributed by atoms with Crippen molar-refractivity contribution < 1.29 is 23.1 Å². The van der Waals surface area contributed by atoms with Crippen LogP contribution in [0.5, 0.6) is 5.75 Å². The zero-order valence-electron chi connectivity index (χ0n) is 15.7. The van der Waals surface area contributed by atoms with Crippen LogP contribution in [0.15, 0.2) is 48.5 Å². The van der Waals surface area contributed by atoms with Crippen molar-refractivity contribution in [1.82, 2.24) is 4.90 Å². The van der Waals surface area contributed by atoms with E-state index in [4.69, 9.17) is 0 Å². The van der Waals surface area contributed by atoms with Crippen LogP contribution in [0.4, 0.5) is 13.2 Å². The van der Waals surface area contributed by atoms with E-state index in [1.165, 1.54) is 17.7 Å². The van der Waals surface area contributed by atoms with Crippen LogP contribution in [0.25, 0.3) is 0 Å². The van der Waals surface area contributed by atoms with E-state index in [-0.39, 0.29) is 24.0 Å². The monoisotopic (exact) mass is 391 g/mol. The predicted octanol–water partition coefficient (Wildman–Crippen LogP) is 5.31. The Morgan fingerprint density at radius 1 is 1.07 bits per heavy atom. The van der Waals surface area contributed by atoms with Gasteiger partial charge in [0.1, 0.15) is 5.75 Å². The highest BCUT2D eigenvalue weighted by Gasteiger charge is 2.30. The summed E-state index contributed by atoms with van der Waals surface area (Å²) in [5, 5.41) is 9.39. The number of amides is 1. The summed E-state index contributed by atoms with van der Waals surface area (Å²) >= 11 is 0. The maximum atomic E-state index is 12.7. The van der Waals surface area contributed by atoms with Crippen LogP contribution in [-0.2, 0) is 11.0 Å². The Morgan fingerprint density at radius 2 is 1.64 bits per heavy atom. The van der Waals surface area contributed by atoms with Crippen LogP contribution in [0.2, 0.25) is 0 Å². The third-order valence-electron chi connectivity index (χ3n) is 5.50. The number of alkyl halides is 3. The first-order valence-corrected chi connectivity index (χ1v) is 9.48. The highest BCUT2D eigenvalue weighted by molar-refractivity contribution is 5.77. The van der Waals surface area contributed by atoms with E-state index in [9.17, 15) is 23.1 Å². The molecular formula is C22H24F3NO2. The molecule has 0 radical (unpaired) electrons. The number of hydrogen-bond donors (Lipinski definition) is 1. The smallest absolute Gasteiger partial charge is 0.416 e. The number of rotatable bonds is 4. The second-order valence-corrected chi connectivity index (χ2v) is 7.47. The van der Waals surface area contributed by atoms with Crippen molar-refractivity contribution in [2.45, 2.75) is 44.2 Å². The first-order chi connectivity index (χ1) is 13.2. The molecule has 0 aromatic heterocycles. The number of phenols is 1. The SMILES string of the molecule is C[C@@H](CC(=O)N1CCC(c2ccc(O)cc2)CC1)c1ccc(C(F)(F)F)cc1. The van der Waals surface area contributed by atoms with Crippen molar-refractivity contribution in [3.8, 4) is 5.75 Å². The van der Waals surface area contributed by atoms with Crippen LogP contribution in [0.3, 0.4) is 0 Å². The maximum absolute atomic E-state index is 12.7. The molecule has 6 heteroatoms. The van der Waals surface area contributed by atoms with Gasteiger partial charge < -0.3 is 10.0 Å². The molecule has 1 N–H and O–H groups in total. The van der Waals surface area contributed by atoms with Gasteiger partial charge in [0.2, 0.25) is 5.91 Å². The minimum atomic E-state index is -4.35. The van der Waals surface area contributed by atoms with E-state index in [2.05, 4.69) is 0 Å². The van der Waals surface area contributed by atoms with Gasteiger partial charge >= 0.3 is 6.18 Å². The van der Waals surface area contributed by atoms with E-state index >= 15 is 0 Å². The van der Waals surface area contributed by atoms with E-state index < -0.39 is 11.7 Å². The Labute approximate surface area is 162 Å². The van der Waals surface area contributed by atoms with E-state index in [0.717, 1.165) is 30.5 Å². The molecule has 0 aliphatic carbocycles. The van der Waals surface area contributed by atoms with Gasteiger partial charge in [0, 0.05) is 19.5 Å². The molecule has 1 aliphatic heterocycles. The molecule has 0 spiro atoms. The molecule has 1 amide bonds. The van der Waals surface area contributed by atoms with Crippen molar-refractivity contribution >= 4 is 5.91 Å². The van der Waals surface area contributed by atoms with Gasteiger partial charge in [-0.2, -0.15) is 13.2 Å². The number of aromatic hydroxyl groups is 1. The van der Waals surface area contributed by atoms with E-state index in [1.807, 2.05) is 24.0 Å². The molecule has 2 aromatic rings. The molecule has 0 bridgehead atoms. The summed E-state index contributed by atoms with van der Waals surface area (Å²) in [6, 6.07) is 12.3. The van der Waals surface area contributed by atoms with Crippen LogP contribution in [0, 0.1) is 0 Å². The second kappa shape index (κ2) is 8.25. The number of halogens is 3. The summed E-state index contributed by atoms with van der Waals surface area (Å²) in [4.78, 5) is 14.5. The number of piperidine rings is 1. The molecule has 3 nitrogen and oxygen atoms in total. The number of hydrogen-bond acceptors (Lipinski definition) is 2. The molecule has 2 aromatic carbocycles. The molecule has 1 saturated heterocycles. The lowest BCUT2D eigenvalue weighted by atomic mass is 9.89. The summed E-state index contributed by atoms with van der Waals surface area (Å²) in [6.07, 6.45) is -2.33. The van der Waals surface area contributed by atoms with E-state index in [1.54, 1.807) is 12.1 Å². The number of carbonyl (C=O) groups is 1. The summed E-state index contributed by atoms with van der Waals surface area (Å²) in [5.41, 5.74) is 1.23. The topological polar surface area (TPSA) is 40.5 Å². The number of nitrogens with zero attached hydrogens (tertiary/aromatic N) is 1. The molecule has 0 unspecified atom stereocenters. The summed E-state index contributed by atoms with van der Waals surface area (Å²) < 4.78 is 38.0. The minimum absolute atomic E-state index is 0.0385. The van der Waals surface area contributed by atoms with Crippen LogP contribution in [-0.4, -0.2) is 29.0 Å². The Bertz CT molecular complexity index is 792. The van der Waals surface area contributed by atoms with Gasteiger partial charge in [0.25, 0.3) is 0 Å². The minimum Gasteiger partial charge on any atom is -0.508 e. The summed E-state index contributed by atoms with van der Waals surface area (Å²) in [6.45, 7) is 3.21. The number of carbonyl (C=O) groups excluding carboxylic acids is 1. The average Bonchev–Trinajstić information content (AvgIpc) is 2.68. The quantitative estimate of drug-likeness (QED) is 0.767. The molecule has 28 heavy (non-hydrogen) atoms. The normalized spacial score (nSPS) is 16.8. The van der Waals surface area contributed by atoms with Crippen molar-refractivity contribution in [2.24, 2.45) is 0 Å². The summed E-state index contributed by atoms with van der Waals surface area (Å²) in [7, 11) is 0. The molecule has 0 saturated carbocycles. The van der Waals surface area contributed by atoms with Crippen molar-refractivity contribution in [3.63, 3.8) is 0 Å². The van der Waals surface area contributed by atoms with Gasteiger partial charge in [-0.25, -0.2) is 0 Å². The molecule has 1 heterocycles. The number of benzene rings is 2. The van der Waals surface area contributed by atoms with Gasteiger partial charge in [0.15, 0.2) is 0 Å². The van der Waals surface area contributed by atoms with Gasteiger partial charge in [-0.3, -0.25) is 4.79 Å². The molecule has 3 rings (SSSR count). The fourth-order valence-corrected chi connectivity index (χ4v) is 3.72. The first-order valence-electron chi connectivity index (χ1n) is 9.48. The molecule has 1 fully saturated rings. The van der Waals surface area contributed by atoms with Crippen LogP contribution in [0.1, 0.15) is 54.7 Å². The Kier molecular flexibility index (Phi) is 5.96. The van der Waals surface area contributed by atoms with Crippen LogP contribution >= 0.6 is 0 Å². The number of likely N-dealkylation sites (tertiary alicyclic amines) is 1. The Morgan fingerprint density at radius 3 is 2.18 bits per heavy atom. The zero-order valence-corrected chi connectivity index (χ0v) is 15.7. The fourth-order valence-electron chi connectivity index (χ4n) is 3.72. The Hall–Kier alpha value is -2.50. The number of phenolic OH excluding ortho intramolecular Hbond substituents is 1. The largest absolute Gasteiger partial charge is 0.508 e. The lowest BCUT2D eigenvalue weighted by molar-refractivity contribution is -0.137. The summed E-state index contributed by atoms with van der Waals surface area (Å²) in [5.74, 6) is 0.520. The average molecular weight is 391 g/mol. The second-order valence-electron chi connectivity index (χ2n) is 7.47. The van der Waals surface area contributed by atoms with Gasteiger partial charge in [0.05, 0.1) is 5.56 Å². The fraction of sp³-hybridized carbons (Fsp3) is 0.409. The van der Waals surface area contributed by atoms with Gasteiger partial charge in [-0.1, -0.05) is 31.2 Å². The third-order valence-corrected chi connectivity index (χ3v) is 5.50. The van der Waals surface area contributed by atoms with Crippen molar-refractivity contribution in [1.29, 1.82) is 0 Å². The molecule has 1 atom stereocenters. The van der Waals surface area contributed by atoms with Gasteiger partial charge in [-0.15, -0.1) is 0 Å². The van der Waals surface area contributed by atoms with E-state index in [0.29, 0.717) is 19.0 Å². The maximum Gasteiger partial charge on any atom is 0.416 e. The molecular weight excluding hydrogens is 367 g/mol. The molecule has 1 aliphatic rings. The highest BCUT2D eigenvalue weighted by Crippen LogP contribution is 2.32. The first kappa shape index (κ1) is 20.2. The highest BCUT2D eigenvalue weighted by atomic mass is 19.4. The lowest BCUT2D eigenvalue weighted by Gasteiger charge is -2.33. The molecule has 150 valence electrons. The standard InChI is InChI=1S/C22H24F3NO2/c1-15(16-2-6-19(7-3-16)22(23,24)25)14-21(28)26-12-10-18(11-13-26)17-4-8-20(27)9-5-17/h2-9,15,18,27H,10-14H2,1H3/t15-/m0/s1. The van der Waals surface area contributed by atoms with Crippen molar-refractivity contribution in [2.75, 3.05) is 13.1 Å². The third kappa shape index (κ3) is 4.86. The Balaban J connectivity index is 1.53. The zero-order chi connectivity index (χ0) is 20.3.